The van der Waals surface area contributed by atoms with Gasteiger partial charge in [-0.25, -0.2) is 17.5 Å². The second kappa shape index (κ2) is 8.80. The number of benzene rings is 2. The van der Waals surface area contributed by atoms with Crippen LogP contribution in [0.3, 0.4) is 0 Å². The van der Waals surface area contributed by atoms with Gasteiger partial charge in [-0.2, -0.15) is 0 Å². The molecule has 130 valence electrons. The van der Waals surface area contributed by atoms with Crippen LogP contribution >= 0.6 is 0 Å². The highest BCUT2D eigenvalue weighted by Crippen LogP contribution is 2.12. The molecule has 0 bridgehead atoms. The van der Waals surface area contributed by atoms with Crippen molar-refractivity contribution in [3.8, 4) is 5.75 Å². The summed E-state index contributed by atoms with van der Waals surface area (Å²) in [6.07, 6.45) is 1.46. The molecular formula is C18H22FNO3S. The number of aryl methyl sites for hydroxylation is 1. The molecule has 0 fully saturated rings. The third kappa shape index (κ3) is 6.29. The Kier molecular flexibility index (Phi) is 6.75. The molecule has 0 spiro atoms. The smallest absolute Gasteiger partial charge is 0.214 e. The van der Waals surface area contributed by atoms with Crippen molar-refractivity contribution in [2.24, 2.45) is 0 Å². The highest BCUT2D eigenvalue weighted by molar-refractivity contribution is 7.89. The van der Waals surface area contributed by atoms with Crippen molar-refractivity contribution in [2.75, 3.05) is 18.9 Å². The minimum absolute atomic E-state index is 0.0946. The summed E-state index contributed by atoms with van der Waals surface area (Å²) in [6, 6.07) is 13.6. The zero-order valence-corrected chi connectivity index (χ0v) is 14.5. The minimum atomic E-state index is -3.39. The normalized spacial score (nSPS) is 11.4. The molecule has 0 radical (unpaired) electrons. The zero-order chi connectivity index (χ0) is 17.4. The Hall–Kier alpha value is -1.92. The van der Waals surface area contributed by atoms with Gasteiger partial charge in [0.15, 0.2) is 0 Å². The summed E-state index contributed by atoms with van der Waals surface area (Å²) in [5, 5.41) is 0. The van der Waals surface area contributed by atoms with Crippen LogP contribution in [0.2, 0.25) is 0 Å². The fourth-order valence-electron chi connectivity index (χ4n) is 2.16. The molecule has 0 aliphatic rings. The Labute approximate surface area is 142 Å². The van der Waals surface area contributed by atoms with Crippen LogP contribution in [0.15, 0.2) is 48.5 Å². The van der Waals surface area contributed by atoms with Gasteiger partial charge >= 0.3 is 0 Å². The molecule has 2 aromatic rings. The summed E-state index contributed by atoms with van der Waals surface area (Å²) >= 11 is 0. The van der Waals surface area contributed by atoms with Gasteiger partial charge in [-0.1, -0.05) is 31.2 Å². The van der Waals surface area contributed by atoms with Crippen LogP contribution < -0.4 is 9.46 Å². The van der Waals surface area contributed by atoms with Crippen molar-refractivity contribution in [2.45, 2.75) is 19.8 Å². The molecule has 24 heavy (non-hydrogen) atoms. The predicted octanol–water partition coefficient (Wildman–Crippen LogP) is 2.93. The molecule has 0 aliphatic carbocycles. The summed E-state index contributed by atoms with van der Waals surface area (Å²) in [7, 11) is -3.39. The van der Waals surface area contributed by atoms with E-state index in [1.54, 1.807) is 12.1 Å². The third-order valence-electron chi connectivity index (χ3n) is 3.60. The number of rotatable bonds is 9. The SMILES string of the molecule is CCc1ccc(OCCS(=O)(=O)NCCc2ccc(F)cc2)cc1. The van der Waals surface area contributed by atoms with Gasteiger partial charge in [-0.05, 0) is 48.2 Å². The van der Waals surface area contributed by atoms with Crippen molar-refractivity contribution in [1.29, 1.82) is 0 Å². The molecule has 0 heterocycles. The van der Waals surface area contributed by atoms with Gasteiger partial charge < -0.3 is 4.74 Å². The van der Waals surface area contributed by atoms with Crippen LogP contribution in [0.1, 0.15) is 18.1 Å². The third-order valence-corrected chi connectivity index (χ3v) is 4.95. The fraction of sp³-hybridized carbons (Fsp3) is 0.333. The number of ether oxygens (including phenoxy) is 1. The van der Waals surface area contributed by atoms with Crippen molar-refractivity contribution in [1.82, 2.24) is 4.72 Å². The lowest BCUT2D eigenvalue weighted by atomic mass is 10.1. The second-order valence-corrected chi connectivity index (χ2v) is 7.36. The largest absolute Gasteiger partial charge is 0.492 e. The molecule has 0 amide bonds. The van der Waals surface area contributed by atoms with Crippen LogP contribution in [-0.4, -0.2) is 27.3 Å². The predicted molar refractivity (Wildman–Crippen MR) is 93.2 cm³/mol. The highest BCUT2D eigenvalue weighted by atomic mass is 32.2. The maximum absolute atomic E-state index is 12.8. The van der Waals surface area contributed by atoms with Crippen LogP contribution in [0, 0.1) is 5.82 Å². The fourth-order valence-corrected chi connectivity index (χ4v) is 3.02. The number of halogens is 1. The van der Waals surface area contributed by atoms with E-state index in [1.807, 2.05) is 24.3 Å². The Morgan fingerprint density at radius 2 is 1.62 bits per heavy atom. The first-order valence-corrected chi connectivity index (χ1v) is 9.57. The lowest BCUT2D eigenvalue weighted by Gasteiger charge is -2.09. The Balaban J connectivity index is 1.71. The van der Waals surface area contributed by atoms with Crippen molar-refractivity contribution in [3.05, 3.63) is 65.5 Å². The summed E-state index contributed by atoms with van der Waals surface area (Å²) in [4.78, 5) is 0. The van der Waals surface area contributed by atoms with E-state index in [0.29, 0.717) is 12.2 Å². The van der Waals surface area contributed by atoms with Crippen LogP contribution in [0.5, 0.6) is 5.75 Å². The van der Waals surface area contributed by atoms with E-state index in [4.69, 9.17) is 4.74 Å². The maximum Gasteiger partial charge on any atom is 0.214 e. The first kappa shape index (κ1) is 18.4. The molecule has 0 atom stereocenters. The van der Waals surface area contributed by atoms with E-state index >= 15 is 0 Å². The van der Waals surface area contributed by atoms with Crippen molar-refractivity contribution < 1.29 is 17.5 Å². The summed E-state index contributed by atoms with van der Waals surface area (Å²) in [5.74, 6) is 0.253. The monoisotopic (exact) mass is 351 g/mol. The summed E-state index contributed by atoms with van der Waals surface area (Å²) in [6.45, 7) is 2.44. The van der Waals surface area contributed by atoms with E-state index in [9.17, 15) is 12.8 Å². The van der Waals surface area contributed by atoms with E-state index in [0.717, 1.165) is 12.0 Å². The number of nitrogens with one attached hydrogen (secondary N) is 1. The van der Waals surface area contributed by atoms with Gasteiger partial charge in [0.25, 0.3) is 0 Å². The quantitative estimate of drug-likeness (QED) is 0.756. The first-order valence-electron chi connectivity index (χ1n) is 7.92. The molecule has 1 N–H and O–H groups in total. The number of hydrogen-bond donors (Lipinski definition) is 1. The highest BCUT2D eigenvalue weighted by Gasteiger charge is 2.10. The average Bonchev–Trinajstić information content (AvgIpc) is 2.57. The van der Waals surface area contributed by atoms with E-state index < -0.39 is 10.0 Å². The van der Waals surface area contributed by atoms with E-state index in [2.05, 4.69) is 11.6 Å². The van der Waals surface area contributed by atoms with Gasteiger partial charge in [-0.15, -0.1) is 0 Å². The first-order chi connectivity index (χ1) is 11.5. The van der Waals surface area contributed by atoms with Crippen LogP contribution in [0.25, 0.3) is 0 Å². The zero-order valence-electron chi connectivity index (χ0n) is 13.7. The van der Waals surface area contributed by atoms with Gasteiger partial charge in [0.2, 0.25) is 10.0 Å². The lowest BCUT2D eigenvalue weighted by molar-refractivity contribution is 0.340. The molecule has 4 nitrogen and oxygen atoms in total. The van der Waals surface area contributed by atoms with E-state index in [-0.39, 0.29) is 24.7 Å². The van der Waals surface area contributed by atoms with Crippen LogP contribution in [0.4, 0.5) is 4.39 Å². The lowest BCUT2D eigenvalue weighted by Crippen LogP contribution is -2.30. The molecule has 0 aromatic heterocycles. The molecule has 2 aromatic carbocycles. The average molecular weight is 351 g/mol. The molecule has 2 rings (SSSR count). The molecule has 0 unspecified atom stereocenters. The van der Waals surface area contributed by atoms with Gasteiger partial charge in [-0.3, -0.25) is 0 Å². The molecule has 6 heteroatoms. The van der Waals surface area contributed by atoms with E-state index in [1.165, 1.54) is 17.7 Å². The van der Waals surface area contributed by atoms with Crippen LogP contribution in [-0.2, 0) is 22.9 Å². The van der Waals surface area contributed by atoms with Gasteiger partial charge in [0.05, 0.1) is 5.75 Å². The Morgan fingerprint density at radius 1 is 1.00 bits per heavy atom. The molecular weight excluding hydrogens is 329 g/mol. The Morgan fingerprint density at radius 3 is 2.25 bits per heavy atom. The molecule has 0 saturated heterocycles. The molecule has 0 aliphatic heterocycles. The standard InChI is InChI=1S/C18H22FNO3S/c1-2-15-5-9-18(10-6-15)23-13-14-24(21,22)20-12-11-16-3-7-17(19)8-4-16/h3-10,20H,2,11-14H2,1H3. The number of hydrogen-bond acceptors (Lipinski definition) is 3. The molecule has 0 saturated carbocycles. The van der Waals surface area contributed by atoms with Crippen molar-refractivity contribution in [3.63, 3.8) is 0 Å². The Bertz CT molecular complexity index is 728. The second-order valence-electron chi connectivity index (χ2n) is 5.44. The topological polar surface area (TPSA) is 55.4 Å². The minimum Gasteiger partial charge on any atom is -0.492 e. The number of sulfonamides is 1. The summed E-state index contributed by atoms with van der Waals surface area (Å²) < 4.78 is 44.6. The van der Waals surface area contributed by atoms with Crippen molar-refractivity contribution >= 4 is 10.0 Å². The van der Waals surface area contributed by atoms with Gasteiger partial charge in [0, 0.05) is 6.54 Å². The summed E-state index contributed by atoms with van der Waals surface area (Å²) in [5.41, 5.74) is 2.09. The maximum atomic E-state index is 12.8. The van der Waals surface area contributed by atoms with Gasteiger partial charge in [0.1, 0.15) is 18.2 Å².